The molecule has 0 spiro atoms. The molecule has 7 heteroatoms. The Morgan fingerprint density at radius 2 is 1.87 bits per heavy atom. The molecule has 0 unspecified atom stereocenters. The quantitative estimate of drug-likeness (QED) is 0.300. The fraction of sp³-hybridized carbons (Fsp3) is 0. The number of nitrogens with zero attached hydrogens (tertiary/aromatic N) is 2. The predicted molar refractivity (Wildman–Crippen MR) is 118 cm³/mol. The summed E-state index contributed by atoms with van der Waals surface area (Å²) < 4.78 is 5.50. The molecular weight excluding hydrogens is 421 g/mol. The second-order valence-electron chi connectivity index (χ2n) is 6.38. The fourth-order valence-corrected chi connectivity index (χ4v) is 3.30. The third kappa shape index (κ3) is 3.92. The summed E-state index contributed by atoms with van der Waals surface area (Å²) in [5.74, 6) is 0.0323. The Morgan fingerprint density at radius 1 is 1.07 bits per heavy atom. The lowest BCUT2D eigenvalue weighted by Crippen LogP contribution is -2.13. The summed E-state index contributed by atoms with van der Waals surface area (Å²) in [6.45, 7) is 0. The molecule has 0 saturated carbocycles. The highest BCUT2D eigenvalue weighted by Crippen LogP contribution is 2.31. The van der Waals surface area contributed by atoms with E-state index in [0.717, 1.165) is 10.9 Å². The van der Waals surface area contributed by atoms with Crippen molar-refractivity contribution < 1.29 is 9.32 Å². The van der Waals surface area contributed by atoms with E-state index in [4.69, 9.17) is 27.7 Å². The van der Waals surface area contributed by atoms with Crippen molar-refractivity contribution in [2.75, 3.05) is 5.32 Å². The van der Waals surface area contributed by atoms with E-state index < -0.39 is 5.91 Å². The molecule has 0 fully saturated rings. The van der Waals surface area contributed by atoms with E-state index in [-0.39, 0.29) is 10.6 Å². The Morgan fingerprint density at radius 3 is 2.63 bits per heavy atom. The van der Waals surface area contributed by atoms with Crippen molar-refractivity contribution in [2.45, 2.75) is 0 Å². The second kappa shape index (κ2) is 8.42. The van der Waals surface area contributed by atoms with Gasteiger partial charge in [0.15, 0.2) is 5.76 Å². The lowest BCUT2D eigenvalue weighted by molar-refractivity contribution is -0.112. The SMILES string of the molecule is N#C/C(=C\c1ccc2noc(-c3ccccc3)c2c1)C(=O)Nc1cccc(Cl)c1Cl. The number of hydrogen-bond donors (Lipinski definition) is 1. The largest absolute Gasteiger partial charge is 0.355 e. The Balaban J connectivity index is 1.67. The van der Waals surface area contributed by atoms with Crippen molar-refractivity contribution >= 4 is 51.8 Å². The monoisotopic (exact) mass is 433 g/mol. The molecular formula is C23H13Cl2N3O2. The normalized spacial score (nSPS) is 11.3. The summed E-state index contributed by atoms with van der Waals surface area (Å²) in [5.41, 5.74) is 2.47. The van der Waals surface area contributed by atoms with Gasteiger partial charge in [0, 0.05) is 5.56 Å². The topological polar surface area (TPSA) is 78.9 Å². The number of halogens is 2. The summed E-state index contributed by atoms with van der Waals surface area (Å²) in [4.78, 5) is 12.6. The van der Waals surface area contributed by atoms with Gasteiger partial charge in [-0.25, -0.2) is 0 Å². The van der Waals surface area contributed by atoms with Gasteiger partial charge in [-0.05, 0) is 35.9 Å². The van der Waals surface area contributed by atoms with E-state index in [2.05, 4.69) is 10.5 Å². The molecule has 1 heterocycles. The predicted octanol–water partition coefficient (Wildman–Crippen LogP) is 6.35. The number of nitriles is 1. The van der Waals surface area contributed by atoms with Crippen LogP contribution in [-0.4, -0.2) is 11.1 Å². The van der Waals surface area contributed by atoms with Crippen molar-refractivity contribution in [1.82, 2.24) is 5.16 Å². The Hall–Kier alpha value is -3.59. The number of benzene rings is 3. The Kier molecular flexibility index (Phi) is 5.53. The minimum absolute atomic E-state index is 0.0805. The average Bonchev–Trinajstić information content (AvgIpc) is 3.19. The molecule has 0 bridgehead atoms. The minimum Gasteiger partial charge on any atom is -0.355 e. The van der Waals surface area contributed by atoms with E-state index >= 15 is 0 Å². The molecule has 146 valence electrons. The summed E-state index contributed by atoms with van der Waals surface area (Å²) in [6.07, 6.45) is 1.50. The first kappa shape index (κ1) is 19.7. The van der Waals surface area contributed by atoms with Crippen LogP contribution < -0.4 is 5.32 Å². The number of carbonyl (C=O) groups is 1. The van der Waals surface area contributed by atoms with Gasteiger partial charge >= 0.3 is 0 Å². The van der Waals surface area contributed by atoms with Gasteiger partial charge in [0.1, 0.15) is 17.2 Å². The molecule has 0 aliphatic rings. The van der Waals surface area contributed by atoms with Crippen LogP contribution in [0.4, 0.5) is 5.69 Å². The number of hydrogen-bond acceptors (Lipinski definition) is 4. The molecule has 3 aromatic carbocycles. The molecule has 30 heavy (non-hydrogen) atoms. The molecule has 0 radical (unpaired) electrons. The molecule has 0 atom stereocenters. The van der Waals surface area contributed by atoms with Gasteiger partial charge in [0.05, 0.1) is 21.1 Å². The molecule has 1 amide bonds. The average molecular weight is 434 g/mol. The van der Waals surface area contributed by atoms with Gasteiger partial charge in [-0.1, -0.05) is 70.8 Å². The van der Waals surface area contributed by atoms with Gasteiger partial charge in [-0.2, -0.15) is 5.26 Å². The molecule has 1 aromatic heterocycles. The fourth-order valence-electron chi connectivity index (χ4n) is 2.95. The van der Waals surface area contributed by atoms with Gasteiger partial charge in [-0.3, -0.25) is 4.79 Å². The van der Waals surface area contributed by atoms with Crippen LogP contribution in [0.5, 0.6) is 0 Å². The smallest absolute Gasteiger partial charge is 0.266 e. The first-order chi connectivity index (χ1) is 14.6. The molecule has 4 rings (SSSR count). The third-order valence-electron chi connectivity index (χ3n) is 4.41. The summed E-state index contributed by atoms with van der Waals surface area (Å²) in [6, 6.07) is 21.7. The van der Waals surface area contributed by atoms with Crippen molar-refractivity contribution in [1.29, 1.82) is 5.26 Å². The van der Waals surface area contributed by atoms with E-state index in [1.165, 1.54) is 6.08 Å². The molecule has 1 N–H and O–H groups in total. The zero-order valence-corrected chi connectivity index (χ0v) is 16.9. The Bertz CT molecular complexity index is 1320. The van der Waals surface area contributed by atoms with Crippen molar-refractivity contribution in [2.24, 2.45) is 0 Å². The highest BCUT2D eigenvalue weighted by Gasteiger charge is 2.14. The second-order valence-corrected chi connectivity index (χ2v) is 7.16. The van der Waals surface area contributed by atoms with E-state index in [9.17, 15) is 10.1 Å². The van der Waals surface area contributed by atoms with Crippen LogP contribution in [-0.2, 0) is 4.79 Å². The molecule has 4 aromatic rings. The number of anilines is 1. The highest BCUT2D eigenvalue weighted by molar-refractivity contribution is 6.44. The highest BCUT2D eigenvalue weighted by atomic mass is 35.5. The number of aromatic nitrogens is 1. The van der Waals surface area contributed by atoms with Crippen LogP contribution >= 0.6 is 23.2 Å². The minimum atomic E-state index is -0.588. The summed E-state index contributed by atoms with van der Waals surface area (Å²) in [5, 5.41) is 17.5. The molecule has 0 aliphatic heterocycles. The number of carbonyl (C=O) groups excluding carboxylic acids is 1. The zero-order chi connectivity index (χ0) is 21.1. The van der Waals surface area contributed by atoms with E-state index in [0.29, 0.717) is 27.6 Å². The number of rotatable bonds is 4. The number of nitrogens with one attached hydrogen (secondary N) is 1. The summed E-state index contributed by atoms with van der Waals surface area (Å²) >= 11 is 12.1. The maximum Gasteiger partial charge on any atom is 0.266 e. The van der Waals surface area contributed by atoms with Crippen LogP contribution in [0.25, 0.3) is 28.3 Å². The van der Waals surface area contributed by atoms with Gasteiger partial charge in [-0.15, -0.1) is 0 Å². The molecule has 0 saturated heterocycles. The Labute approximate surface area is 182 Å². The number of amides is 1. The molecule has 5 nitrogen and oxygen atoms in total. The van der Waals surface area contributed by atoms with Crippen LogP contribution in [0.15, 0.2) is 76.8 Å². The standard InChI is InChI=1S/C23H13Cl2N3O2/c24-18-7-4-8-20(21(18)25)27-23(29)16(13-26)11-14-9-10-19-17(12-14)22(30-28-19)15-5-2-1-3-6-15/h1-12H,(H,27,29)/b16-11+. The van der Waals surface area contributed by atoms with Crippen molar-refractivity contribution in [3.8, 4) is 17.4 Å². The maximum atomic E-state index is 12.6. The maximum absolute atomic E-state index is 12.6. The van der Waals surface area contributed by atoms with Crippen molar-refractivity contribution in [3.05, 3.63) is 87.9 Å². The zero-order valence-electron chi connectivity index (χ0n) is 15.4. The van der Waals surface area contributed by atoms with E-state index in [1.54, 1.807) is 30.3 Å². The lowest BCUT2D eigenvalue weighted by atomic mass is 10.0. The van der Waals surface area contributed by atoms with Crippen LogP contribution in [0, 0.1) is 11.3 Å². The molecule has 0 aliphatic carbocycles. The van der Waals surface area contributed by atoms with Crippen LogP contribution in [0.2, 0.25) is 10.0 Å². The lowest BCUT2D eigenvalue weighted by Gasteiger charge is -2.07. The third-order valence-corrected chi connectivity index (χ3v) is 5.23. The van der Waals surface area contributed by atoms with Gasteiger partial charge in [0.25, 0.3) is 5.91 Å². The van der Waals surface area contributed by atoms with Gasteiger partial charge < -0.3 is 9.84 Å². The number of fused-ring (bicyclic) bond motifs is 1. The van der Waals surface area contributed by atoms with E-state index in [1.807, 2.05) is 42.5 Å². The van der Waals surface area contributed by atoms with Crippen LogP contribution in [0.3, 0.4) is 0 Å². The first-order valence-electron chi connectivity index (χ1n) is 8.89. The van der Waals surface area contributed by atoms with Crippen LogP contribution in [0.1, 0.15) is 5.56 Å². The summed E-state index contributed by atoms with van der Waals surface area (Å²) in [7, 11) is 0. The first-order valence-corrected chi connectivity index (χ1v) is 9.64. The van der Waals surface area contributed by atoms with Gasteiger partial charge in [0.2, 0.25) is 0 Å². The van der Waals surface area contributed by atoms with Crippen molar-refractivity contribution in [3.63, 3.8) is 0 Å².